The summed E-state index contributed by atoms with van der Waals surface area (Å²) in [6.07, 6.45) is -10.8. The van der Waals surface area contributed by atoms with Crippen molar-refractivity contribution in [3.05, 3.63) is 76.5 Å². The van der Waals surface area contributed by atoms with Crippen molar-refractivity contribution in [3.63, 3.8) is 0 Å². The number of hydrogen-bond donors (Lipinski definition) is 1. The van der Waals surface area contributed by atoms with Crippen molar-refractivity contribution in [1.29, 1.82) is 0 Å². The Morgan fingerprint density at radius 3 is 1.97 bits per heavy atom. The molecule has 0 unspecified atom stereocenters. The first-order chi connectivity index (χ1) is 16.6. The highest BCUT2D eigenvalue weighted by Gasteiger charge is 2.37. The van der Waals surface area contributed by atoms with Gasteiger partial charge in [0, 0.05) is 12.6 Å². The van der Waals surface area contributed by atoms with E-state index < -0.39 is 62.1 Å². The highest BCUT2D eigenvalue weighted by Crippen LogP contribution is 2.36. The summed E-state index contributed by atoms with van der Waals surface area (Å²) in [5.74, 6) is -1.43. The molecule has 0 aliphatic carbocycles. The molecule has 1 aromatic heterocycles. The van der Waals surface area contributed by atoms with E-state index in [1.807, 2.05) is 0 Å². The van der Waals surface area contributed by atoms with Crippen LogP contribution in [0.15, 0.2) is 53.7 Å². The van der Waals surface area contributed by atoms with Gasteiger partial charge in [0.1, 0.15) is 0 Å². The highest BCUT2D eigenvalue weighted by molar-refractivity contribution is 7.91. The van der Waals surface area contributed by atoms with Gasteiger partial charge < -0.3 is 5.32 Å². The van der Waals surface area contributed by atoms with Crippen LogP contribution in [-0.4, -0.2) is 37.1 Å². The molecule has 192 valence electrons. The van der Waals surface area contributed by atoms with Crippen LogP contribution >= 0.6 is 0 Å². The molecule has 3 aromatic rings. The van der Waals surface area contributed by atoms with Gasteiger partial charge in [0.15, 0.2) is 0 Å². The number of nitrogens with one attached hydrogen (secondary N) is 1. The molecule has 0 radical (unpaired) electrons. The minimum atomic E-state index is -5.06. The third-order valence-electron chi connectivity index (χ3n) is 5.16. The molecule has 2 aromatic carbocycles. The largest absolute Gasteiger partial charge is 0.416 e. The Labute approximate surface area is 202 Å². The van der Waals surface area contributed by atoms with Gasteiger partial charge in [0.25, 0.3) is 5.91 Å². The maximum atomic E-state index is 13.1. The normalized spacial score (nSPS) is 12.4. The number of carbonyl (C=O) groups is 1. The molecule has 3 rings (SSSR count). The quantitative estimate of drug-likeness (QED) is 0.362. The van der Waals surface area contributed by atoms with Gasteiger partial charge in [-0.15, -0.1) is 0 Å². The second-order valence-electron chi connectivity index (χ2n) is 7.74. The Hall–Kier alpha value is -3.48. The lowest BCUT2D eigenvalue weighted by atomic mass is 10.0. The van der Waals surface area contributed by atoms with Crippen molar-refractivity contribution in [1.82, 2.24) is 15.3 Å². The van der Waals surface area contributed by atoms with Crippen LogP contribution in [0.2, 0.25) is 0 Å². The Morgan fingerprint density at radius 1 is 0.917 bits per heavy atom. The van der Waals surface area contributed by atoms with Crippen LogP contribution in [0.25, 0.3) is 11.3 Å². The molecule has 13 heteroatoms. The van der Waals surface area contributed by atoms with E-state index >= 15 is 0 Å². The zero-order valence-corrected chi connectivity index (χ0v) is 19.6. The van der Waals surface area contributed by atoms with Crippen molar-refractivity contribution in [2.75, 3.05) is 12.8 Å². The standard InChI is InChI=1S/C23H19F6N3O3S/c1-13-18(20(33)30-2)19(15-6-4-3-5-7-15)32-21(31-13)36(34,35)9-8-14-10-16(22(24,25)26)12-17(11-14)23(27,28)29/h3-7,10-12H,8-9H2,1-2H3,(H,30,33). The van der Waals surface area contributed by atoms with Crippen LogP contribution in [0.1, 0.15) is 32.7 Å². The lowest BCUT2D eigenvalue weighted by Gasteiger charge is -2.15. The molecule has 0 spiro atoms. The van der Waals surface area contributed by atoms with Gasteiger partial charge in [-0.25, -0.2) is 18.4 Å². The molecule has 1 amide bonds. The molecule has 0 atom stereocenters. The third-order valence-corrected chi connectivity index (χ3v) is 6.64. The minimum absolute atomic E-state index is 0.0134. The molecular weight excluding hydrogens is 512 g/mol. The first-order valence-corrected chi connectivity index (χ1v) is 12.0. The molecule has 0 saturated heterocycles. The number of aromatic nitrogens is 2. The van der Waals surface area contributed by atoms with E-state index in [-0.39, 0.29) is 23.0 Å². The lowest BCUT2D eigenvalue weighted by molar-refractivity contribution is -0.143. The molecule has 0 aliphatic heterocycles. The maximum absolute atomic E-state index is 13.1. The molecular formula is C23H19F6N3O3S. The molecule has 0 saturated carbocycles. The lowest BCUT2D eigenvalue weighted by Crippen LogP contribution is -2.23. The van der Waals surface area contributed by atoms with Crippen LogP contribution in [0, 0.1) is 6.92 Å². The van der Waals surface area contributed by atoms with Gasteiger partial charge >= 0.3 is 12.4 Å². The first-order valence-electron chi connectivity index (χ1n) is 10.3. The summed E-state index contributed by atoms with van der Waals surface area (Å²) in [7, 11) is -3.01. The number of nitrogens with zero attached hydrogens (tertiary/aromatic N) is 2. The summed E-state index contributed by atoms with van der Waals surface area (Å²) >= 11 is 0. The fourth-order valence-corrected chi connectivity index (χ4v) is 4.59. The first kappa shape index (κ1) is 27.1. The average Bonchev–Trinajstić information content (AvgIpc) is 2.81. The predicted molar refractivity (Wildman–Crippen MR) is 118 cm³/mol. The summed E-state index contributed by atoms with van der Waals surface area (Å²) in [6.45, 7) is 1.39. The van der Waals surface area contributed by atoms with E-state index in [2.05, 4.69) is 15.3 Å². The van der Waals surface area contributed by atoms with Gasteiger partial charge in [-0.2, -0.15) is 26.3 Å². The molecule has 1 N–H and O–H groups in total. The molecule has 6 nitrogen and oxygen atoms in total. The Bertz CT molecular complexity index is 1360. The number of benzene rings is 2. The fraction of sp³-hybridized carbons (Fsp3) is 0.261. The Balaban J connectivity index is 2.03. The predicted octanol–water partition coefficient (Wildman–Crippen LogP) is 4.87. The van der Waals surface area contributed by atoms with E-state index in [1.54, 1.807) is 30.3 Å². The van der Waals surface area contributed by atoms with Crippen LogP contribution in [0.5, 0.6) is 0 Å². The second kappa shape index (κ2) is 9.88. The van der Waals surface area contributed by atoms with E-state index in [1.165, 1.54) is 14.0 Å². The van der Waals surface area contributed by atoms with E-state index in [0.717, 1.165) is 0 Å². The number of amides is 1. The molecule has 0 fully saturated rings. The smallest absolute Gasteiger partial charge is 0.355 e. The van der Waals surface area contributed by atoms with Gasteiger partial charge in [-0.3, -0.25) is 4.79 Å². The number of carbonyl (C=O) groups excluding carboxylic acids is 1. The van der Waals surface area contributed by atoms with Crippen LogP contribution in [-0.2, 0) is 28.6 Å². The highest BCUT2D eigenvalue weighted by atomic mass is 32.2. The van der Waals surface area contributed by atoms with Crippen molar-refractivity contribution in [3.8, 4) is 11.3 Å². The summed E-state index contributed by atoms with van der Waals surface area (Å²) in [4.78, 5) is 20.4. The molecule has 0 bridgehead atoms. The van der Waals surface area contributed by atoms with Crippen molar-refractivity contribution in [2.45, 2.75) is 30.9 Å². The number of hydrogen-bond acceptors (Lipinski definition) is 5. The molecule has 36 heavy (non-hydrogen) atoms. The maximum Gasteiger partial charge on any atom is 0.416 e. The van der Waals surface area contributed by atoms with Gasteiger partial charge in [-0.1, -0.05) is 30.3 Å². The Kier molecular flexibility index (Phi) is 7.44. The van der Waals surface area contributed by atoms with Crippen molar-refractivity contribution >= 4 is 15.7 Å². The number of rotatable bonds is 6. The van der Waals surface area contributed by atoms with Gasteiger partial charge in [-0.05, 0) is 37.1 Å². The average molecular weight is 531 g/mol. The fourth-order valence-electron chi connectivity index (χ4n) is 3.40. The zero-order valence-electron chi connectivity index (χ0n) is 18.8. The molecule has 0 aliphatic rings. The third kappa shape index (κ3) is 6.01. The second-order valence-corrected chi connectivity index (χ2v) is 9.75. The Morgan fingerprint density at radius 2 is 1.47 bits per heavy atom. The monoisotopic (exact) mass is 531 g/mol. The number of sulfone groups is 1. The van der Waals surface area contributed by atoms with Gasteiger partial charge in [0.05, 0.1) is 33.8 Å². The topological polar surface area (TPSA) is 89.0 Å². The number of alkyl halides is 6. The minimum Gasteiger partial charge on any atom is -0.355 e. The van der Waals surface area contributed by atoms with Crippen molar-refractivity contribution in [2.24, 2.45) is 0 Å². The van der Waals surface area contributed by atoms with Crippen LogP contribution in [0.4, 0.5) is 26.3 Å². The van der Waals surface area contributed by atoms with Crippen LogP contribution in [0.3, 0.4) is 0 Å². The van der Waals surface area contributed by atoms with Crippen LogP contribution < -0.4 is 5.32 Å². The summed E-state index contributed by atoms with van der Waals surface area (Å²) in [5.41, 5.74) is -3.08. The van der Waals surface area contributed by atoms with E-state index in [9.17, 15) is 39.6 Å². The summed E-state index contributed by atoms with van der Waals surface area (Å²) in [5, 5.41) is 1.72. The summed E-state index contributed by atoms with van der Waals surface area (Å²) < 4.78 is 105. The number of halogens is 6. The zero-order chi connectivity index (χ0) is 26.9. The van der Waals surface area contributed by atoms with Crippen molar-refractivity contribution < 1.29 is 39.6 Å². The summed E-state index contributed by atoms with van der Waals surface area (Å²) in [6, 6.07) is 9.06. The van der Waals surface area contributed by atoms with E-state index in [0.29, 0.717) is 17.7 Å². The van der Waals surface area contributed by atoms with E-state index in [4.69, 9.17) is 0 Å². The van der Waals surface area contributed by atoms with Gasteiger partial charge in [0.2, 0.25) is 15.0 Å². The molecule has 1 heterocycles. The SMILES string of the molecule is CNC(=O)c1c(C)nc(S(=O)(=O)CCc2cc(C(F)(F)F)cc(C(F)(F)F)c2)nc1-c1ccccc1. The number of aryl methyl sites for hydroxylation is 2.